The molecule has 2 atom stereocenters. The van der Waals surface area contributed by atoms with Crippen LogP contribution in [0, 0.1) is 0 Å². The molecule has 0 aromatic rings. The third kappa shape index (κ3) is 21.6. The van der Waals surface area contributed by atoms with Crippen LogP contribution in [0.25, 0.3) is 0 Å². The summed E-state index contributed by atoms with van der Waals surface area (Å²) >= 11 is 0. The molecular weight excluding hydrogens is 383 g/mol. The fourth-order valence-corrected chi connectivity index (χ4v) is 4.48. The number of aliphatic hydroxyl groups is 1. The number of hydrogen-bond donors (Lipinski definition) is 1. The molecule has 0 aliphatic rings. The van der Waals surface area contributed by atoms with Gasteiger partial charge < -0.3 is 9.66 Å². The zero-order chi connectivity index (χ0) is 20.4. The first-order valence-electron chi connectivity index (χ1n) is 11.5. The first kappa shape index (κ1) is 31.1. The van der Waals surface area contributed by atoms with Crippen LogP contribution in [0.2, 0.25) is 0 Å². The topological polar surface area (TPSA) is 77.4 Å². The molecule has 4 nitrogen and oxygen atoms in total. The Hall–Kier alpha value is 0.870. The third-order valence-electron chi connectivity index (χ3n) is 5.44. The summed E-state index contributed by atoms with van der Waals surface area (Å²) in [6.07, 6.45) is 19.6. The van der Waals surface area contributed by atoms with Crippen LogP contribution in [-0.2, 0) is 10.1 Å². The van der Waals surface area contributed by atoms with Crippen molar-refractivity contribution in [3.63, 3.8) is 0 Å². The molecule has 0 spiro atoms. The Bertz CT molecular complexity index is 413. The van der Waals surface area contributed by atoms with Crippen molar-refractivity contribution in [2.75, 3.05) is 0 Å². The Morgan fingerprint density at radius 1 is 0.679 bits per heavy atom. The molecule has 0 aliphatic heterocycles. The van der Waals surface area contributed by atoms with E-state index in [1.807, 2.05) is 0 Å². The zero-order valence-electron chi connectivity index (χ0n) is 19.0. The van der Waals surface area contributed by atoms with Gasteiger partial charge in [0.25, 0.3) is 0 Å². The van der Waals surface area contributed by atoms with Gasteiger partial charge in [-0.05, 0) is 26.2 Å². The molecule has 0 saturated carbocycles. The third-order valence-corrected chi connectivity index (χ3v) is 6.73. The van der Waals surface area contributed by atoms with E-state index in [1.165, 1.54) is 77.0 Å². The zero-order valence-corrected chi connectivity index (χ0v) is 21.8. The Morgan fingerprint density at radius 2 is 1.04 bits per heavy atom. The van der Waals surface area contributed by atoms with Crippen LogP contribution in [0.5, 0.6) is 0 Å². The van der Waals surface area contributed by atoms with Crippen LogP contribution >= 0.6 is 0 Å². The summed E-state index contributed by atoms with van der Waals surface area (Å²) in [6, 6.07) is 0. The molecule has 164 valence electrons. The van der Waals surface area contributed by atoms with E-state index in [1.54, 1.807) is 6.92 Å². The van der Waals surface area contributed by atoms with Gasteiger partial charge in [-0.3, -0.25) is 0 Å². The van der Waals surface area contributed by atoms with Crippen LogP contribution in [0.3, 0.4) is 0 Å². The fraction of sp³-hybridized carbons (Fsp3) is 1.00. The number of rotatable bonds is 20. The van der Waals surface area contributed by atoms with Crippen molar-refractivity contribution in [2.24, 2.45) is 0 Å². The van der Waals surface area contributed by atoms with Gasteiger partial charge in [-0.15, -0.1) is 0 Å². The van der Waals surface area contributed by atoms with Gasteiger partial charge in [-0.1, -0.05) is 103 Å². The molecule has 1 N–H and O–H groups in total. The van der Waals surface area contributed by atoms with E-state index in [0.29, 0.717) is 12.8 Å². The predicted molar refractivity (Wildman–Crippen MR) is 114 cm³/mol. The first-order valence-corrected chi connectivity index (χ1v) is 13.0. The maximum Gasteiger partial charge on any atom is 1.00 e. The minimum atomic E-state index is -4.24. The summed E-state index contributed by atoms with van der Waals surface area (Å²) in [5.41, 5.74) is 0. The summed E-state index contributed by atoms with van der Waals surface area (Å²) in [5.74, 6) is 0. The van der Waals surface area contributed by atoms with Crippen molar-refractivity contribution in [1.82, 2.24) is 0 Å². The summed E-state index contributed by atoms with van der Waals surface area (Å²) in [6.45, 7) is 3.88. The molecule has 0 rings (SSSR count). The Kier molecular flexibility index (Phi) is 23.4. The van der Waals surface area contributed by atoms with Gasteiger partial charge in [0.2, 0.25) is 0 Å². The smallest absolute Gasteiger partial charge is 0.748 e. The summed E-state index contributed by atoms with van der Waals surface area (Å²) in [7, 11) is -4.24. The minimum absolute atomic E-state index is 0. The molecule has 0 heterocycles. The number of hydrogen-bond acceptors (Lipinski definition) is 4. The summed E-state index contributed by atoms with van der Waals surface area (Å²) in [4.78, 5) is 0. The molecule has 0 fully saturated rings. The molecule has 0 aromatic carbocycles. The van der Waals surface area contributed by atoms with Crippen molar-refractivity contribution in [1.29, 1.82) is 0 Å². The average molecular weight is 429 g/mol. The Labute approximate surface area is 197 Å². The normalized spacial score (nSPS) is 13.9. The van der Waals surface area contributed by atoms with Crippen LogP contribution in [0.4, 0.5) is 0 Å². The van der Waals surface area contributed by atoms with Gasteiger partial charge in [0.15, 0.2) is 0 Å². The second-order valence-corrected chi connectivity index (χ2v) is 9.93. The van der Waals surface area contributed by atoms with E-state index in [4.69, 9.17) is 0 Å². The molecule has 6 heteroatoms. The maximum atomic E-state index is 11.3. The largest absolute Gasteiger partial charge is 1.00 e. The van der Waals surface area contributed by atoms with E-state index in [2.05, 4.69) is 6.92 Å². The van der Waals surface area contributed by atoms with Crippen molar-refractivity contribution in [2.45, 2.75) is 141 Å². The van der Waals surface area contributed by atoms with Gasteiger partial charge in [-0.25, -0.2) is 8.42 Å². The Morgan fingerprint density at radius 3 is 1.36 bits per heavy atom. The second kappa shape index (κ2) is 21.1. The minimum Gasteiger partial charge on any atom is -0.748 e. The number of unbranched alkanes of at least 4 members (excludes halogenated alkanes) is 14. The molecule has 0 bridgehead atoms. The summed E-state index contributed by atoms with van der Waals surface area (Å²) < 4.78 is 33.9. The van der Waals surface area contributed by atoms with E-state index >= 15 is 0 Å². The van der Waals surface area contributed by atoms with Crippen LogP contribution < -0.4 is 29.6 Å². The molecular formula is C22H45NaO4S. The van der Waals surface area contributed by atoms with Crippen molar-refractivity contribution < 1.29 is 47.6 Å². The van der Waals surface area contributed by atoms with Crippen LogP contribution in [0.15, 0.2) is 0 Å². The Balaban J connectivity index is 0. The molecule has 0 aromatic heterocycles. The second-order valence-electron chi connectivity index (χ2n) is 8.28. The molecule has 2 unspecified atom stereocenters. The van der Waals surface area contributed by atoms with E-state index < -0.39 is 21.5 Å². The standard InChI is InChI=1S/C22H46O4S.Na/c1-3-4-5-6-7-8-9-10-11-12-13-14-15-16-17-18-22(27(24,25)26)20-19-21(2)23;/h21-23H,3-20H2,1-2H3,(H,24,25,26);/q;+1/p-1. The van der Waals surface area contributed by atoms with Gasteiger partial charge in [0.1, 0.15) is 0 Å². The van der Waals surface area contributed by atoms with Crippen molar-refractivity contribution in [3.05, 3.63) is 0 Å². The van der Waals surface area contributed by atoms with Gasteiger partial charge in [0.05, 0.1) is 16.2 Å². The van der Waals surface area contributed by atoms with Crippen LogP contribution in [0.1, 0.15) is 129 Å². The van der Waals surface area contributed by atoms with Crippen molar-refractivity contribution in [3.8, 4) is 0 Å². The molecule has 0 saturated heterocycles. The fourth-order valence-electron chi connectivity index (χ4n) is 3.60. The monoisotopic (exact) mass is 428 g/mol. The summed E-state index contributed by atoms with van der Waals surface area (Å²) in [5, 5.41) is 8.45. The average Bonchev–Trinajstić information content (AvgIpc) is 2.59. The molecule has 0 aliphatic carbocycles. The molecule has 28 heavy (non-hydrogen) atoms. The van der Waals surface area contributed by atoms with Gasteiger partial charge in [-0.2, -0.15) is 0 Å². The first-order chi connectivity index (χ1) is 12.9. The van der Waals surface area contributed by atoms with Gasteiger partial charge >= 0.3 is 29.6 Å². The SMILES string of the molecule is CCCCCCCCCCCCCCCCCC(CCC(C)O)S(=O)(=O)[O-].[Na+]. The molecule has 0 radical (unpaired) electrons. The van der Waals surface area contributed by atoms with Crippen molar-refractivity contribution >= 4 is 10.1 Å². The van der Waals surface area contributed by atoms with Gasteiger partial charge in [0, 0.05) is 5.25 Å². The predicted octanol–water partition coefficient (Wildman–Crippen LogP) is 3.33. The van der Waals surface area contributed by atoms with E-state index in [-0.39, 0.29) is 36.0 Å². The molecule has 0 amide bonds. The quantitative estimate of drug-likeness (QED) is 0.183. The van der Waals surface area contributed by atoms with E-state index in [0.717, 1.165) is 19.3 Å². The maximum absolute atomic E-state index is 11.3. The number of aliphatic hydroxyl groups excluding tert-OH is 1. The van der Waals surface area contributed by atoms with E-state index in [9.17, 15) is 18.1 Å². The van der Waals surface area contributed by atoms with Crippen LogP contribution in [-0.4, -0.2) is 29.4 Å².